The van der Waals surface area contributed by atoms with Gasteiger partial charge in [0.2, 0.25) is 5.13 Å². The van der Waals surface area contributed by atoms with Crippen LogP contribution >= 0.6 is 22.9 Å². The number of esters is 1. The summed E-state index contributed by atoms with van der Waals surface area (Å²) in [5, 5.41) is 7.55. The lowest BCUT2D eigenvalue weighted by Crippen LogP contribution is -2.75. The van der Waals surface area contributed by atoms with Crippen molar-refractivity contribution in [1.82, 2.24) is 4.98 Å². The van der Waals surface area contributed by atoms with E-state index in [4.69, 9.17) is 11.6 Å². The monoisotopic (exact) mass is 862 g/mol. The van der Waals surface area contributed by atoms with Crippen LogP contribution in [0.3, 0.4) is 0 Å². The third kappa shape index (κ3) is 8.15. The third-order valence-electron chi connectivity index (χ3n) is 7.00. The summed E-state index contributed by atoms with van der Waals surface area (Å²) in [7, 11) is 0. The van der Waals surface area contributed by atoms with Crippen molar-refractivity contribution in [1.29, 1.82) is 0 Å². The SMILES string of the molecule is CCN(CCOC(=O)CCC(F)(F)C(F)(F)C(F)(F)C(F)(F)C(F)(F)C(F)(F)C(F)(F)C(F)(F)C(F)(F)F)c1ccc(/N=N/c2nc(Cl)c(C=O)s2)cc1. The van der Waals surface area contributed by atoms with Gasteiger partial charge in [0.25, 0.3) is 0 Å². The molecule has 1 heterocycles. The van der Waals surface area contributed by atoms with Crippen LogP contribution in [0.25, 0.3) is 0 Å². The van der Waals surface area contributed by atoms with Crippen LogP contribution in [0.15, 0.2) is 34.5 Å². The molecule has 0 fully saturated rings. The molecule has 0 bridgehead atoms. The van der Waals surface area contributed by atoms with Crippen LogP contribution < -0.4 is 4.90 Å². The molecule has 7 nitrogen and oxygen atoms in total. The van der Waals surface area contributed by atoms with Gasteiger partial charge in [-0.1, -0.05) is 22.9 Å². The van der Waals surface area contributed by atoms with Crippen molar-refractivity contribution in [2.45, 2.75) is 73.3 Å². The first-order valence-electron chi connectivity index (χ1n) is 13.8. The van der Waals surface area contributed by atoms with E-state index in [-0.39, 0.29) is 33.9 Å². The van der Waals surface area contributed by atoms with Gasteiger partial charge in [-0.25, -0.2) is 4.98 Å². The van der Waals surface area contributed by atoms with Gasteiger partial charge in [-0.3, -0.25) is 9.59 Å². The Morgan fingerprint density at radius 1 is 0.759 bits per heavy atom. The molecule has 0 aliphatic carbocycles. The molecule has 306 valence electrons. The number of halogens is 20. The van der Waals surface area contributed by atoms with E-state index in [2.05, 4.69) is 19.9 Å². The zero-order chi connectivity index (χ0) is 42.1. The van der Waals surface area contributed by atoms with Crippen molar-refractivity contribution in [3.05, 3.63) is 34.3 Å². The second kappa shape index (κ2) is 15.5. The molecule has 0 saturated heterocycles. The van der Waals surface area contributed by atoms with Crippen molar-refractivity contribution < 1.29 is 97.7 Å². The fourth-order valence-electron chi connectivity index (χ4n) is 3.87. The number of ether oxygens (including phenoxy) is 1. The zero-order valence-electron chi connectivity index (χ0n) is 25.9. The summed E-state index contributed by atoms with van der Waals surface area (Å²) in [6.07, 6.45) is -12.6. The number of hydrogen-bond acceptors (Lipinski definition) is 8. The van der Waals surface area contributed by atoms with Crippen molar-refractivity contribution >= 4 is 51.7 Å². The van der Waals surface area contributed by atoms with Gasteiger partial charge in [-0.05, 0) is 31.2 Å². The van der Waals surface area contributed by atoms with Gasteiger partial charge in [-0.15, -0.1) is 10.2 Å². The van der Waals surface area contributed by atoms with Gasteiger partial charge in [0.05, 0.1) is 18.7 Å². The second-order valence-electron chi connectivity index (χ2n) is 10.5. The van der Waals surface area contributed by atoms with E-state index in [0.29, 0.717) is 12.0 Å². The number of azo groups is 1. The van der Waals surface area contributed by atoms with Gasteiger partial charge < -0.3 is 9.64 Å². The molecular formula is C26H18ClF19N4O3S. The van der Waals surface area contributed by atoms with E-state index < -0.39 is 79.0 Å². The fraction of sp³-hybridized carbons (Fsp3) is 0.577. The molecule has 54 heavy (non-hydrogen) atoms. The predicted octanol–water partition coefficient (Wildman–Crippen LogP) is 10.8. The van der Waals surface area contributed by atoms with E-state index in [1.807, 2.05) is 0 Å². The molecule has 1 aromatic heterocycles. The quantitative estimate of drug-likeness (QED) is 0.0645. The summed E-state index contributed by atoms with van der Waals surface area (Å²) < 4.78 is 260. The number of thiazole rings is 1. The molecule has 0 spiro atoms. The highest BCUT2D eigenvalue weighted by atomic mass is 35.5. The highest BCUT2D eigenvalue weighted by Gasteiger charge is 2.96. The molecule has 0 N–H and O–H groups in total. The third-order valence-corrected chi connectivity index (χ3v) is 8.27. The van der Waals surface area contributed by atoms with E-state index in [9.17, 15) is 93.0 Å². The lowest BCUT2D eigenvalue weighted by Gasteiger charge is -2.43. The smallest absolute Gasteiger partial charge is 0.460 e. The Morgan fingerprint density at radius 2 is 1.22 bits per heavy atom. The van der Waals surface area contributed by atoms with Crippen LogP contribution in [-0.4, -0.2) is 90.5 Å². The molecule has 0 saturated carbocycles. The van der Waals surface area contributed by atoms with Gasteiger partial charge in [0.15, 0.2) is 11.4 Å². The summed E-state index contributed by atoms with van der Waals surface area (Å²) in [6, 6.07) is 5.63. The van der Waals surface area contributed by atoms with Crippen LogP contribution in [0.5, 0.6) is 0 Å². The lowest BCUT2D eigenvalue weighted by molar-refractivity contribution is -0.468. The van der Waals surface area contributed by atoms with Gasteiger partial charge in [-0.2, -0.15) is 83.4 Å². The Morgan fingerprint density at radius 3 is 1.65 bits per heavy atom. The Kier molecular flexibility index (Phi) is 13.3. The highest BCUT2D eigenvalue weighted by molar-refractivity contribution is 7.17. The van der Waals surface area contributed by atoms with Crippen LogP contribution in [0.4, 0.5) is 99.9 Å². The molecule has 2 rings (SSSR count). The maximum absolute atomic E-state index is 14.1. The van der Waals surface area contributed by atoms with Crippen molar-refractivity contribution in [3.8, 4) is 0 Å². The molecular weight excluding hydrogens is 845 g/mol. The molecule has 0 aliphatic rings. The Labute approximate surface area is 297 Å². The molecule has 0 atom stereocenters. The molecule has 0 aliphatic heterocycles. The number of aromatic nitrogens is 1. The standard InChI is InChI=1S/C26H18ClF19N4O3S/c1-2-50(13-5-3-12(4-6-13)48-49-17-47-16(27)14(11-51)54-17)9-10-53-15(52)7-8-18(28,29)19(30,31)20(32,33)21(34,35)22(36,37)23(38,39)24(40,41)25(42,43)26(44,45)46/h3-6,11H,2,7-10H2,1H3/b49-48+. The molecule has 28 heteroatoms. The molecule has 0 amide bonds. The normalized spacial score (nSPS) is 14.5. The van der Waals surface area contributed by atoms with Crippen LogP contribution in [-0.2, 0) is 9.53 Å². The number of carbonyl (C=O) groups is 2. The molecule has 0 unspecified atom stereocenters. The van der Waals surface area contributed by atoms with Gasteiger partial charge in [0.1, 0.15) is 11.5 Å². The highest BCUT2D eigenvalue weighted by Crippen LogP contribution is 2.65. The van der Waals surface area contributed by atoms with Crippen LogP contribution in [0.1, 0.15) is 29.4 Å². The maximum atomic E-state index is 14.1. The first-order chi connectivity index (χ1) is 24.2. The summed E-state index contributed by atoms with van der Waals surface area (Å²) >= 11 is 6.54. The summed E-state index contributed by atoms with van der Waals surface area (Å²) in [6.45, 7) is 0.564. The number of benzene rings is 1. The number of hydrogen-bond donors (Lipinski definition) is 0. The van der Waals surface area contributed by atoms with Crippen LogP contribution in [0.2, 0.25) is 5.15 Å². The minimum atomic E-state index is -9.02. The number of alkyl halides is 19. The van der Waals surface area contributed by atoms with Crippen molar-refractivity contribution in [2.24, 2.45) is 10.2 Å². The maximum Gasteiger partial charge on any atom is 0.460 e. The number of rotatable bonds is 18. The summed E-state index contributed by atoms with van der Waals surface area (Å²) in [4.78, 5) is 28.0. The molecule has 0 radical (unpaired) electrons. The second-order valence-corrected chi connectivity index (χ2v) is 11.9. The number of likely N-dealkylation sites (N-methyl/N-ethyl adjacent to an activating group) is 1. The lowest BCUT2D eigenvalue weighted by atomic mass is 9.86. The fourth-order valence-corrected chi connectivity index (χ4v) is 4.75. The average molecular weight is 863 g/mol. The Bertz CT molecular complexity index is 1670. The number of aldehydes is 1. The van der Waals surface area contributed by atoms with Gasteiger partial charge in [0, 0.05) is 18.7 Å². The van der Waals surface area contributed by atoms with Crippen LogP contribution in [0, 0.1) is 0 Å². The van der Waals surface area contributed by atoms with E-state index in [1.54, 1.807) is 0 Å². The predicted molar refractivity (Wildman–Crippen MR) is 147 cm³/mol. The number of anilines is 1. The minimum Gasteiger partial charge on any atom is -0.464 e. The first-order valence-corrected chi connectivity index (χ1v) is 15.0. The molecule has 1 aromatic carbocycles. The van der Waals surface area contributed by atoms with E-state index in [1.165, 1.54) is 36.1 Å². The number of carbonyl (C=O) groups excluding carboxylic acids is 2. The van der Waals surface area contributed by atoms with Crippen molar-refractivity contribution in [2.75, 3.05) is 24.6 Å². The minimum absolute atomic E-state index is 0.0304. The average Bonchev–Trinajstić information content (AvgIpc) is 3.43. The topological polar surface area (TPSA) is 84.2 Å². The summed E-state index contributed by atoms with van der Waals surface area (Å²) in [5.74, 6) is -69.5. The Balaban J connectivity index is 2.13. The summed E-state index contributed by atoms with van der Waals surface area (Å²) in [5.41, 5.74) is 0.601. The zero-order valence-corrected chi connectivity index (χ0v) is 27.5. The largest absolute Gasteiger partial charge is 0.464 e. The Hall–Kier alpha value is -3.65. The molecule has 2 aromatic rings. The van der Waals surface area contributed by atoms with Crippen molar-refractivity contribution in [3.63, 3.8) is 0 Å². The van der Waals surface area contributed by atoms with E-state index in [0.717, 1.165) is 11.3 Å². The van der Waals surface area contributed by atoms with Gasteiger partial charge >= 0.3 is 59.5 Å². The first kappa shape index (κ1) is 46.5. The number of nitrogens with zero attached hydrogens (tertiary/aromatic N) is 4. The van der Waals surface area contributed by atoms with E-state index >= 15 is 0 Å².